The molecule has 1 heterocycles. The van der Waals surface area contributed by atoms with Gasteiger partial charge in [0.05, 0.1) is 0 Å². The number of aromatic nitrogens is 2. The van der Waals surface area contributed by atoms with Gasteiger partial charge in [-0.25, -0.2) is 0 Å². The minimum atomic E-state index is 0.132. The molecular weight excluding hydrogens is 264 g/mol. The van der Waals surface area contributed by atoms with E-state index in [1.54, 1.807) is 4.68 Å². The average Bonchev–Trinajstić information content (AvgIpc) is 2.86. The minimum absolute atomic E-state index is 0.132. The third-order valence-corrected chi connectivity index (χ3v) is 5.28. The summed E-state index contributed by atoms with van der Waals surface area (Å²) in [6.07, 6.45) is 10.6. The lowest BCUT2D eigenvalue weighted by Gasteiger charge is -2.38. The molecule has 0 spiro atoms. The maximum absolute atomic E-state index is 12.5. The molecule has 2 saturated carbocycles. The first-order valence-corrected chi connectivity index (χ1v) is 8.21. The Balaban J connectivity index is 1.62. The molecule has 2 aliphatic rings. The van der Waals surface area contributed by atoms with Crippen LogP contribution in [0.25, 0.3) is 0 Å². The Hall–Kier alpha value is -1.36. The predicted molar refractivity (Wildman–Crippen MR) is 82.5 cm³/mol. The summed E-state index contributed by atoms with van der Waals surface area (Å²) in [5.74, 6) is 2.55. The summed E-state index contributed by atoms with van der Waals surface area (Å²) in [5, 5.41) is 7.30. The molecular formula is C16H26N4O. The summed E-state index contributed by atoms with van der Waals surface area (Å²) in [4.78, 5) is 12.5. The Labute approximate surface area is 126 Å². The molecule has 2 fully saturated rings. The third-order valence-electron chi connectivity index (χ3n) is 5.28. The fraction of sp³-hybridized carbons (Fsp3) is 0.750. The Morgan fingerprint density at radius 2 is 2.10 bits per heavy atom. The van der Waals surface area contributed by atoms with Crippen LogP contribution in [0, 0.1) is 17.8 Å². The minimum Gasteiger partial charge on any atom is -0.326 e. The zero-order valence-corrected chi connectivity index (χ0v) is 12.8. The number of nitrogens with two attached hydrogens (primary N) is 1. The van der Waals surface area contributed by atoms with Crippen molar-refractivity contribution in [2.45, 2.75) is 51.5 Å². The van der Waals surface area contributed by atoms with E-state index in [2.05, 4.69) is 10.4 Å². The second-order valence-electron chi connectivity index (χ2n) is 6.68. The lowest BCUT2D eigenvalue weighted by atomic mass is 9.67. The standard InChI is InChI=1S/C16H26N4O/c1-20-10-14(9-17)15(19-20)18-16(21)13-7-6-11-4-2-3-5-12(11)8-13/h10-13H,2-9,17H2,1H3,(H,18,19,21). The summed E-state index contributed by atoms with van der Waals surface area (Å²) in [7, 11) is 1.85. The highest BCUT2D eigenvalue weighted by atomic mass is 16.2. The summed E-state index contributed by atoms with van der Waals surface area (Å²) in [6, 6.07) is 0. The van der Waals surface area contributed by atoms with E-state index in [1.165, 1.54) is 32.1 Å². The van der Waals surface area contributed by atoms with Crippen LogP contribution in [0.15, 0.2) is 6.20 Å². The number of carbonyl (C=O) groups excluding carboxylic acids is 1. The van der Waals surface area contributed by atoms with Gasteiger partial charge >= 0.3 is 0 Å². The van der Waals surface area contributed by atoms with Gasteiger partial charge in [0.25, 0.3) is 0 Å². The van der Waals surface area contributed by atoms with Gasteiger partial charge in [-0.2, -0.15) is 5.10 Å². The van der Waals surface area contributed by atoms with Crippen LogP contribution < -0.4 is 11.1 Å². The van der Waals surface area contributed by atoms with Gasteiger partial charge in [0.2, 0.25) is 5.91 Å². The molecule has 0 aromatic carbocycles. The van der Waals surface area contributed by atoms with Crippen LogP contribution in [0.3, 0.4) is 0 Å². The zero-order valence-electron chi connectivity index (χ0n) is 12.8. The Morgan fingerprint density at radius 3 is 2.86 bits per heavy atom. The average molecular weight is 290 g/mol. The number of hydrogen-bond acceptors (Lipinski definition) is 3. The van der Waals surface area contributed by atoms with E-state index >= 15 is 0 Å². The summed E-state index contributed by atoms with van der Waals surface area (Å²) < 4.78 is 1.70. The molecule has 3 atom stereocenters. The van der Waals surface area contributed by atoms with Gasteiger partial charge < -0.3 is 11.1 Å². The molecule has 0 bridgehead atoms. The molecule has 5 heteroatoms. The van der Waals surface area contributed by atoms with Crippen LogP contribution in [-0.2, 0) is 18.4 Å². The van der Waals surface area contributed by atoms with E-state index in [1.807, 2.05) is 13.2 Å². The molecule has 3 N–H and O–H groups in total. The maximum Gasteiger partial charge on any atom is 0.228 e. The monoisotopic (exact) mass is 290 g/mol. The molecule has 3 unspecified atom stereocenters. The van der Waals surface area contributed by atoms with Crippen molar-refractivity contribution in [3.05, 3.63) is 11.8 Å². The topological polar surface area (TPSA) is 72.9 Å². The van der Waals surface area contributed by atoms with Crippen LogP contribution in [0.4, 0.5) is 5.82 Å². The normalized spacial score (nSPS) is 29.0. The molecule has 1 aromatic heterocycles. The number of nitrogens with one attached hydrogen (secondary N) is 1. The Kier molecular flexibility index (Phi) is 4.29. The fourth-order valence-electron chi connectivity index (χ4n) is 4.12. The van der Waals surface area contributed by atoms with E-state index in [-0.39, 0.29) is 11.8 Å². The van der Waals surface area contributed by atoms with Gasteiger partial charge in [0.15, 0.2) is 5.82 Å². The molecule has 0 saturated heterocycles. The first kappa shape index (κ1) is 14.6. The summed E-state index contributed by atoms with van der Waals surface area (Å²) in [6.45, 7) is 0.402. The number of rotatable bonds is 3. The molecule has 1 amide bonds. The smallest absolute Gasteiger partial charge is 0.228 e. The number of amides is 1. The molecule has 1 aromatic rings. The van der Waals surface area contributed by atoms with Crippen molar-refractivity contribution in [3.8, 4) is 0 Å². The van der Waals surface area contributed by atoms with Crippen LogP contribution >= 0.6 is 0 Å². The van der Waals surface area contributed by atoms with Crippen molar-refractivity contribution in [3.63, 3.8) is 0 Å². The van der Waals surface area contributed by atoms with Crippen molar-refractivity contribution >= 4 is 11.7 Å². The highest BCUT2D eigenvalue weighted by molar-refractivity contribution is 5.92. The molecule has 116 valence electrons. The Morgan fingerprint density at radius 1 is 1.33 bits per heavy atom. The van der Waals surface area contributed by atoms with Gasteiger partial charge in [-0.3, -0.25) is 9.48 Å². The lowest BCUT2D eigenvalue weighted by Crippen LogP contribution is -2.34. The summed E-state index contributed by atoms with van der Waals surface area (Å²) >= 11 is 0. The molecule has 0 radical (unpaired) electrons. The second-order valence-corrected chi connectivity index (χ2v) is 6.68. The van der Waals surface area contributed by atoms with Crippen LogP contribution in [0.5, 0.6) is 0 Å². The lowest BCUT2D eigenvalue weighted by molar-refractivity contribution is -0.122. The van der Waals surface area contributed by atoms with Crippen LogP contribution in [0.1, 0.15) is 50.5 Å². The number of hydrogen-bond donors (Lipinski definition) is 2. The fourth-order valence-corrected chi connectivity index (χ4v) is 4.12. The first-order valence-electron chi connectivity index (χ1n) is 8.21. The van der Waals surface area contributed by atoms with E-state index in [0.717, 1.165) is 30.2 Å². The van der Waals surface area contributed by atoms with Crippen molar-refractivity contribution in [2.75, 3.05) is 5.32 Å². The molecule has 2 aliphatic carbocycles. The van der Waals surface area contributed by atoms with Gasteiger partial charge in [-0.05, 0) is 31.1 Å². The van der Waals surface area contributed by atoms with Gasteiger partial charge in [-0.15, -0.1) is 0 Å². The van der Waals surface area contributed by atoms with E-state index in [9.17, 15) is 4.79 Å². The van der Waals surface area contributed by atoms with Crippen molar-refractivity contribution in [1.82, 2.24) is 9.78 Å². The number of aryl methyl sites for hydroxylation is 1. The Bertz CT molecular complexity index is 510. The SMILES string of the molecule is Cn1cc(CN)c(NC(=O)C2CCC3CCCCC3C2)n1. The van der Waals surface area contributed by atoms with Gasteiger partial charge in [-0.1, -0.05) is 25.7 Å². The number of anilines is 1. The highest BCUT2D eigenvalue weighted by Gasteiger charge is 2.35. The highest BCUT2D eigenvalue weighted by Crippen LogP contribution is 2.42. The summed E-state index contributed by atoms with van der Waals surface area (Å²) in [5.41, 5.74) is 6.60. The molecule has 5 nitrogen and oxygen atoms in total. The number of carbonyl (C=O) groups is 1. The van der Waals surface area contributed by atoms with E-state index in [4.69, 9.17) is 5.73 Å². The zero-order chi connectivity index (χ0) is 14.8. The van der Waals surface area contributed by atoms with Crippen molar-refractivity contribution in [2.24, 2.45) is 30.5 Å². The number of nitrogens with zero attached hydrogens (tertiary/aromatic N) is 2. The molecule has 0 aliphatic heterocycles. The third kappa shape index (κ3) is 3.12. The van der Waals surface area contributed by atoms with Gasteiger partial charge in [0.1, 0.15) is 0 Å². The van der Waals surface area contributed by atoms with E-state index < -0.39 is 0 Å². The maximum atomic E-state index is 12.5. The quantitative estimate of drug-likeness (QED) is 0.898. The van der Waals surface area contributed by atoms with Gasteiger partial charge in [0, 0.05) is 31.3 Å². The van der Waals surface area contributed by atoms with Crippen molar-refractivity contribution < 1.29 is 4.79 Å². The number of fused-ring (bicyclic) bond motifs is 1. The van der Waals surface area contributed by atoms with Crippen LogP contribution in [0.2, 0.25) is 0 Å². The second kappa shape index (κ2) is 6.18. The largest absolute Gasteiger partial charge is 0.326 e. The first-order chi connectivity index (χ1) is 10.2. The van der Waals surface area contributed by atoms with Crippen LogP contribution in [-0.4, -0.2) is 15.7 Å². The molecule has 3 rings (SSSR count). The molecule has 21 heavy (non-hydrogen) atoms. The van der Waals surface area contributed by atoms with Crippen molar-refractivity contribution in [1.29, 1.82) is 0 Å². The van der Waals surface area contributed by atoms with E-state index in [0.29, 0.717) is 12.4 Å². The predicted octanol–water partition coefficient (Wildman–Crippen LogP) is 2.42.